The average Bonchev–Trinajstić information content (AvgIpc) is 2.38. The van der Waals surface area contributed by atoms with E-state index in [1.54, 1.807) is 0 Å². The monoisotopic (exact) mass is 234 g/mol. The lowest BCUT2D eigenvalue weighted by Gasteiger charge is -2.35. The van der Waals surface area contributed by atoms with Gasteiger partial charge in [-0.05, 0) is 18.6 Å². The van der Waals surface area contributed by atoms with Crippen molar-refractivity contribution in [2.24, 2.45) is 5.73 Å². The Hall–Kier alpha value is -1.62. The molecule has 0 radical (unpaired) electrons. The molecule has 1 saturated heterocycles. The van der Waals surface area contributed by atoms with Crippen molar-refractivity contribution in [3.05, 3.63) is 23.9 Å². The Balaban J connectivity index is 2.27. The van der Waals surface area contributed by atoms with Crippen molar-refractivity contribution in [1.29, 1.82) is 0 Å². The summed E-state index contributed by atoms with van der Waals surface area (Å²) in [6, 6.07) is 5.64. The number of carbonyl (C=O) groups excluding carboxylic acids is 1. The van der Waals surface area contributed by atoms with E-state index >= 15 is 0 Å². The standard InChI is InChI=1S/C12H18N4O/c1-2-10-12(17)14-6-7-16(10)11-5-3-4-9(8-13)15-11/h3-5,10H,2,6-8,13H2,1H3,(H,14,17). The molecule has 2 rings (SSSR count). The Labute approximate surface area is 101 Å². The molecule has 0 aromatic carbocycles. The average molecular weight is 234 g/mol. The second-order valence-electron chi connectivity index (χ2n) is 4.10. The molecule has 1 aromatic rings. The number of hydrogen-bond donors (Lipinski definition) is 2. The number of nitrogens with zero attached hydrogens (tertiary/aromatic N) is 2. The normalized spacial score (nSPS) is 20.2. The van der Waals surface area contributed by atoms with Gasteiger partial charge in [0.1, 0.15) is 11.9 Å². The van der Waals surface area contributed by atoms with Crippen LogP contribution in [0, 0.1) is 0 Å². The highest BCUT2D eigenvalue weighted by Crippen LogP contribution is 2.18. The number of pyridine rings is 1. The van der Waals surface area contributed by atoms with Gasteiger partial charge >= 0.3 is 0 Å². The molecule has 0 aliphatic carbocycles. The Morgan fingerprint density at radius 2 is 2.41 bits per heavy atom. The minimum absolute atomic E-state index is 0.0821. The lowest BCUT2D eigenvalue weighted by molar-refractivity contribution is -0.123. The van der Waals surface area contributed by atoms with Crippen LogP contribution < -0.4 is 16.0 Å². The Kier molecular flexibility index (Phi) is 3.58. The number of aromatic nitrogens is 1. The first-order chi connectivity index (χ1) is 8.26. The van der Waals surface area contributed by atoms with Crippen LogP contribution in [-0.4, -0.2) is 30.0 Å². The van der Waals surface area contributed by atoms with Crippen LogP contribution in [0.15, 0.2) is 18.2 Å². The van der Waals surface area contributed by atoms with Gasteiger partial charge in [0.15, 0.2) is 0 Å². The molecule has 3 N–H and O–H groups in total. The minimum Gasteiger partial charge on any atom is -0.353 e. The van der Waals surface area contributed by atoms with Gasteiger partial charge in [-0.15, -0.1) is 0 Å². The summed E-state index contributed by atoms with van der Waals surface area (Å²) in [4.78, 5) is 18.3. The van der Waals surface area contributed by atoms with Crippen LogP contribution in [0.5, 0.6) is 0 Å². The van der Waals surface area contributed by atoms with Crippen LogP contribution in [0.3, 0.4) is 0 Å². The van der Waals surface area contributed by atoms with E-state index in [1.165, 1.54) is 0 Å². The molecule has 2 heterocycles. The van der Waals surface area contributed by atoms with Crippen LogP contribution in [-0.2, 0) is 11.3 Å². The Morgan fingerprint density at radius 1 is 1.59 bits per heavy atom. The fourth-order valence-electron chi connectivity index (χ4n) is 2.14. The van der Waals surface area contributed by atoms with Crippen molar-refractivity contribution in [2.75, 3.05) is 18.0 Å². The van der Waals surface area contributed by atoms with E-state index in [1.807, 2.05) is 25.1 Å². The van der Waals surface area contributed by atoms with Gasteiger partial charge in [0.2, 0.25) is 5.91 Å². The molecule has 1 fully saturated rings. The van der Waals surface area contributed by atoms with E-state index in [-0.39, 0.29) is 11.9 Å². The fraction of sp³-hybridized carbons (Fsp3) is 0.500. The van der Waals surface area contributed by atoms with Gasteiger partial charge < -0.3 is 16.0 Å². The highest BCUT2D eigenvalue weighted by molar-refractivity contribution is 5.86. The summed E-state index contributed by atoms with van der Waals surface area (Å²) in [5.41, 5.74) is 6.43. The largest absolute Gasteiger partial charge is 0.353 e. The predicted molar refractivity (Wildman–Crippen MR) is 66.6 cm³/mol. The number of carbonyl (C=O) groups is 1. The minimum atomic E-state index is -0.121. The maximum absolute atomic E-state index is 11.8. The zero-order valence-electron chi connectivity index (χ0n) is 10.0. The number of nitrogens with two attached hydrogens (primary N) is 1. The van der Waals surface area contributed by atoms with Crippen molar-refractivity contribution in [3.63, 3.8) is 0 Å². The zero-order chi connectivity index (χ0) is 12.3. The summed E-state index contributed by atoms with van der Waals surface area (Å²) < 4.78 is 0. The van der Waals surface area contributed by atoms with Gasteiger partial charge in [0.05, 0.1) is 5.69 Å². The number of rotatable bonds is 3. The first-order valence-electron chi connectivity index (χ1n) is 5.96. The Bertz CT molecular complexity index is 407. The quantitative estimate of drug-likeness (QED) is 0.786. The summed E-state index contributed by atoms with van der Waals surface area (Å²) in [5.74, 6) is 0.924. The van der Waals surface area contributed by atoms with E-state index in [0.29, 0.717) is 13.1 Å². The van der Waals surface area contributed by atoms with E-state index in [2.05, 4.69) is 15.2 Å². The lowest BCUT2D eigenvalue weighted by atomic mass is 10.1. The topological polar surface area (TPSA) is 71.2 Å². The van der Waals surface area contributed by atoms with Gasteiger partial charge in [0.25, 0.3) is 0 Å². The molecule has 1 atom stereocenters. The summed E-state index contributed by atoms with van der Waals surface area (Å²) >= 11 is 0. The van der Waals surface area contributed by atoms with Gasteiger partial charge in [-0.1, -0.05) is 13.0 Å². The summed E-state index contributed by atoms with van der Waals surface area (Å²) in [5, 5.41) is 2.88. The molecule has 17 heavy (non-hydrogen) atoms. The first-order valence-corrected chi connectivity index (χ1v) is 5.96. The van der Waals surface area contributed by atoms with Crippen LogP contribution in [0.1, 0.15) is 19.0 Å². The second kappa shape index (κ2) is 5.14. The van der Waals surface area contributed by atoms with E-state index in [0.717, 1.165) is 24.5 Å². The summed E-state index contributed by atoms with van der Waals surface area (Å²) in [7, 11) is 0. The number of hydrogen-bond acceptors (Lipinski definition) is 4. The lowest BCUT2D eigenvalue weighted by Crippen LogP contribution is -2.55. The number of anilines is 1. The van der Waals surface area contributed by atoms with Crippen LogP contribution >= 0.6 is 0 Å². The highest BCUT2D eigenvalue weighted by atomic mass is 16.2. The molecule has 0 spiro atoms. The van der Waals surface area contributed by atoms with Crippen LogP contribution in [0.4, 0.5) is 5.82 Å². The molecule has 92 valence electrons. The van der Waals surface area contributed by atoms with Crippen molar-refractivity contribution in [1.82, 2.24) is 10.3 Å². The van der Waals surface area contributed by atoms with Crippen LogP contribution in [0.2, 0.25) is 0 Å². The molecule has 5 nitrogen and oxygen atoms in total. The zero-order valence-corrected chi connectivity index (χ0v) is 10.0. The molecule has 1 aliphatic rings. The maximum Gasteiger partial charge on any atom is 0.242 e. The molecule has 1 aliphatic heterocycles. The number of amides is 1. The van der Waals surface area contributed by atoms with Gasteiger partial charge in [-0.25, -0.2) is 4.98 Å². The SMILES string of the molecule is CCC1C(=O)NCCN1c1cccc(CN)n1. The summed E-state index contributed by atoms with van der Waals surface area (Å²) in [6.07, 6.45) is 0.778. The van der Waals surface area contributed by atoms with E-state index < -0.39 is 0 Å². The first kappa shape index (κ1) is 11.9. The second-order valence-corrected chi connectivity index (χ2v) is 4.10. The van der Waals surface area contributed by atoms with E-state index in [9.17, 15) is 4.79 Å². The molecule has 1 unspecified atom stereocenters. The predicted octanol–water partition coefficient (Wildman–Crippen LogP) is 0.255. The molecular formula is C12H18N4O. The molecule has 0 saturated carbocycles. The van der Waals surface area contributed by atoms with Crippen molar-refractivity contribution in [3.8, 4) is 0 Å². The van der Waals surface area contributed by atoms with Crippen molar-refractivity contribution >= 4 is 11.7 Å². The number of nitrogens with one attached hydrogen (secondary N) is 1. The fourth-order valence-corrected chi connectivity index (χ4v) is 2.14. The molecule has 0 bridgehead atoms. The third kappa shape index (κ3) is 2.39. The maximum atomic E-state index is 11.8. The highest BCUT2D eigenvalue weighted by Gasteiger charge is 2.28. The molecule has 1 amide bonds. The van der Waals surface area contributed by atoms with E-state index in [4.69, 9.17) is 5.73 Å². The van der Waals surface area contributed by atoms with Crippen LogP contribution in [0.25, 0.3) is 0 Å². The molecule has 5 heteroatoms. The Morgan fingerprint density at radius 3 is 3.12 bits per heavy atom. The third-order valence-electron chi connectivity index (χ3n) is 3.01. The van der Waals surface area contributed by atoms with Crippen molar-refractivity contribution < 1.29 is 4.79 Å². The molecule has 1 aromatic heterocycles. The smallest absolute Gasteiger partial charge is 0.242 e. The van der Waals surface area contributed by atoms with Gasteiger partial charge in [-0.2, -0.15) is 0 Å². The summed E-state index contributed by atoms with van der Waals surface area (Å²) in [6.45, 7) is 3.90. The molecular weight excluding hydrogens is 216 g/mol. The van der Waals surface area contributed by atoms with Crippen molar-refractivity contribution in [2.45, 2.75) is 25.9 Å². The van der Waals surface area contributed by atoms with Gasteiger partial charge in [-0.3, -0.25) is 4.79 Å². The van der Waals surface area contributed by atoms with Gasteiger partial charge in [0, 0.05) is 19.6 Å². The number of piperazine rings is 1. The third-order valence-corrected chi connectivity index (χ3v) is 3.01.